The Hall–Kier alpha value is -1.92. The van der Waals surface area contributed by atoms with E-state index >= 15 is 0 Å². The van der Waals surface area contributed by atoms with Crippen LogP contribution in [0.15, 0.2) is 28.8 Å². The van der Waals surface area contributed by atoms with E-state index in [0.29, 0.717) is 11.4 Å². The summed E-state index contributed by atoms with van der Waals surface area (Å²) in [4.78, 5) is 4.04. The zero-order valence-electron chi connectivity index (χ0n) is 8.37. The summed E-state index contributed by atoms with van der Waals surface area (Å²) in [5.74, 6) is 0.726. The summed E-state index contributed by atoms with van der Waals surface area (Å²) in [5, 5.41) is 21.7. The maximum Gasteiger partial charge on any atom is 0.246 e. The third kappa shape index (κ3) is 2.02. The van der Waals surface area contributed by atoms with Gasteiger partial charge in [-0.1, -0.05) is 5.16 Å². The summed E-state index contributed by atoms with van der Waals surface area (Å²) in [5.41, 5.74) is 6.23. The molecule has 6 nitrogen and oxygen atoms in total. The fraction of sp³-hybridized carbons (Fsp3) is 0.200. The average molecular weight is 221 g/mol. The molecule has 1 aromatic carbocycles. The van der Waals surface area contributed by atoms with Crippen molar-refractivity contribution in [3.8, 4) is 17.1 Å². The molecule has 1 atom stereocenters. The van der Waals surface area contributed by atoms with Crippen LogP contribution in [-0.2, 0) is 0 Å². The maximum absolute atomic E-state index is 9.12. The number of aliphatic hydroxyl groups excluding tert-OH is 1. The van der Waals surface area contributed by atoms with Crippen LogP contribution in [0.4, 0.5) is 0 Å². The molecule has 6 heteroatoms. The van der Waals surface area contributed by atoms with Crippen LogP contribution in [0.2, 0.25) is 0 Å². The lowest BCUT2D eigenvalue weighted by atomic mass is 10.2. The molecule has 0 aliphatic rings. The van der Waals surface area contributed by atoms with Crippen molar-refractivity contribution in [3.05, 3.63) is 30.2 Å². The lowest BCUT2D eigenvalue weighted by molar-refractivity contribution is 0.237. The summed E-state index contributed by atoms with van der Waals surface area (Å²) in [7, 11) is 0. The van der Waals surface area contributed by atoms with Gasteiger partial charge in [0.25, 0.3) is 0 Å². The zero-order chi connectivity index (χ0) is 11.5. The topological polar surface area (TPSA) is 105 Å². The fourth-order valence-corrected chi connectivity index (χ4v) is 1.19. The molecule has 0 fully saturated rings. The molecule has 16 heavy (non-hydrogen) atoms. The van der Waals surface area contributed by atoms with Gasteiger partial charge in [-0.15, -0.1) is 0 Å². The third-order valence-electron chi connectivity index (χ3n) is 2.08. The van der Waals surface area contributed by atoms with Crippen molar-refractivity contribution in [2.75, 3.05) is 6.61 Å². The Bertz CT molecular complexity index is 466. The van der Waals surface area contributed by atoms with E-state index in [9.17, 15) is 0 Å². The number of aromatic nitrogens is 2. The number of hydrogen-bond acceptors (Lipinski definition) is 6. The Morgan fingerprint density at radius 3 is 2.62 bits per heavy atom. The van der Waals surface area contributed by atoms with Gasteiger partial charge in [0.05, 0.1) is 6.61 Å². The minimum atomic E-state index is -0.668. The second-order valence-corrected chi connectivity index (χ2v) is 3.29. The first kappa shape index (κ1) is 10.6. The molecule has 4 N–H and O–H groups in total. The number of aliphatic hydroxyl groups is 1. The molecule has 0 bridgehead atoms. The number of phenolic OH excluding ortho intramolecular Hbond substituents is 1. The van der Waals surface area contributed by atoms with Crippen LogP contribution < -0.4 is 5.73 Å². The lowest BCUT2D eigenvalue weighted by Gasteiger charge is -1.98. The molecule has 0 unspecified atom stereocenters. The monoisotopic (exact) mass is 221 g/mol. The smallest absolute Gasteiger partial charge is 0.246 e. The molecular weight excluding hydrogens is 210 g/mol. The molecule has 84 valence electrons. The maximum atomic E-state index is 9.12. The number of nitrogens with zero attached hydrogens (tertiary/aromatic N) is 2. The molecule has 1 heterocycles. The van der Waals surface area contributed by atoms with Crippen molar-refractivity contribution in [2.24, 2.45) is 5.73 Å². The van der Waals surface area contributed by atoms with Crippen molar-refractivity contribution in [1.82, 2.24) is 10.1 Å². The molecule has 0 spiro atoms. The molecule has 1 aromatic heterocycles. The highest BCUT2D eigenvalue weighted by atomic mass is 16.5. The van der Waals surface area contributed by atoms with Gasteiger partial charge in [-0.05, 0) is 24.3 Å². The van der Waals surface area contributed by atoms with Crippen LogP contribution in [0.25, 0.3) is 11.4 Å². The summed E-state index contributed by atoms with van der Waals surface area (Å²) in [6.45, 7) is -0.253. The van der Waals surface area contributed by atoms with Crippen molar-refractivity contribution in [1.29, 1.82) is 0 Å². The van der Waals surface area contributed by atoms with E-state index in [1.807, 2.05) is 0 Å². The Morgan fingerprint density at radius 1 is 1.31 bits per heavy atom. The van der Waals surface area contributed by atoms with Gasteiger partial charge in [-0.2, -0.15) is 4.98 Å². The van der Waals surface area contributed by atoms with Crippen molar-refractivity contribution in [3.63, 3.8) is 0 Å². The Morgan fingerprint density at radius 2 is 2.00 bits per heavy atom. The van der Waals surface area contributed by atoms with Gasteiger partial charge in [0.15, 0.2) is 0 Å². The predicted molar refractivity (Wildman–Crippen MR) is 55.4 cm³/mol. The van der Waals surface area contributed by atoms with Crippen LogP contribution in [0.1, 0.15) is 11.9 Å². The second kappa shape index (κ2) is 4.30. The van der Waals surface area contributed by atoms with E-state index in [4.69, 9.17) is 20.5 Å². The first-order valence-electron chi connectivity index (χ1n) is 4.70. The quantitative estimate of drug-likeness (QED) is 0.694. The summed E-state index contributed by atoms with van der Waals surface area (Å²) >= 11 is 0. The van der Waals surface area contributed by atoms with Crippen molar-refractivity contribution in [2.45, 2.75) is 6.04 Å². The average Bonchev–Trinajstić information content (AvgIpc) is 2.78. The first-order valence-corrected chi connectivity index (χ1v) is 4.70. The second-order valence-electron chi connectivity index (χ2n) is 3.29. The first-order chi connectivity index (χ1) is 7.70. The van der Waals surface area contributed by atoms with Crippen molar-refractivity contribution >= 4 is 0 Å². The third-order valence-corrected chi connectivity index (χ3v) is 2.08. The van der Waals surface area contributed by atoms with Crippen LogP contribution >= 0.6 is 0 Å². The normalized spacial score (nSPS) is 12.6. The SMILES string of the molecule is N[C@H](CO)c1nc(-c2ccc(O)cc2)no1. The standard InChI is InChI=1S/C10H11N3O3/c11-8(5-14)10-12-9(13-16-10)6-1-3-7(15)4-2-6/h1-4,8,14-15H,5,11H2/t8-/m1/s1. The number of benzene rings is 1. The molecule has 0 saturated heterocycles. The number of aromatic hydroxyl groups is 1. The minimum absolute atomic E-state index is 0.166. The number of phenols is 1. The Kier molecular flexibility index (Phi) is 2.84. The fourth-order valence-electron chi connectivity index (χ4n) is 1.19. The molecule has 0 aliphatic heterocycles. The zero-order valence-corrected chi connectivity index (χ0v) is 8.37. The van der Waals surface area contributed by atoms with Crippen LogP contribution in [0.5, 0.6) is 5.75 Å². The van der Waals surface area contributed by atoms with Crippen LogP contribution in [0.3, 0.4) is 0 Å². The predicted octanol–water partition coefficient (Wildman–Crippen LogP) is 0.434. The molecule has 0 saturated carbocycles. The van der Waals surface area contributed by atoms with E-state index < -0.39 is 6.04 Å². The molecule has 0 radical (unpaired) electrons. The van der Waals surface area contributed by atoms with E-state index in [2.05, 4.69) is 10.1 Å². The molecule has 2 aromatic rings. The van der Waals surface area contributed by atoms with E-state index in [1.165, 1.54) is 12.1 Å². The highest BCUT2D eigenvalue weighted by Gasteiger charge is 2.14. The molecule has 0 amide bonds. The van der Waals surface area contributed by atoms with E-state index in [-0.39, 0.29) is 18.2 Å². The van der Waals surface area contributed by atoms with Gasteiger partial charge in [-0.25, -0.2) is 0 Å². The minimum Gasteiger partial charge on any atom is -0.508 e. The number of nitrogens with two attached hydrogens (primary N) is 1. The molecule has 2 rings (SSSR count). The summed E-state index contributed by atoms with van der Waals surface area (Å²) in [6, 6.07) is 5.70. The highest BCUT2D eigenvalue weighted by Crippen LogP contribution is 2.20. The highest BCUT2D eigenvalue weighted by molar-refractivity contribution is 5.55. The number of hydrogen-bond donors (Lipinski definition) is 3. The summed E-state index contributed by atoms with van der Waals surface area (Å²) in [6.07, 6.45) is 0. The molecular formula is C10H11N3O3. The largest absolute Gasteiger partial charge is 0.508 e. The van der Waals surface area contributed by atoms with Gasteiger partial charge in [-0.3, -0.25) is 0 Å². The van der Waals surface area contributed by atoms with Crippen molar-refractivity contribution < 1.29 is 14.7 Å². The molecule has 0 aliphatic carbocycles. The Balaban J connectivity index is 2.28. The van der Waals surface area contributed by atoms with Crippen LogP contribution in [-0.4, -0.2) is 27.0 Å². The van der Waals surface area contributed by atoms with Gasteiger partial charge in [0.1, 0.15) is 11.8 Å². The van der Waals surface area contributed by atoms with Gasteiger partial charge in [0, 0.05) is 5.56 Å². The van der Waals surface area contributed by atoms with Gasteiger partial charge >= 0.3 is 0 Å². The van der Waals surface area contributed by atoms with E-state index in [0.717, 1.165) is 0 Å². The summed E-state index contributed by atoms with van der Waals surface area (Å²) < 4.78 is 4.89. The van der Waals surface area contributed by atoms with Crippen LogP contribution in [0, 0.1) is 0 Å². The van der Waals surface area contributed by atoms with E-state index in [1.54, 1.807) is 12.1 Å². The Labute approximate surface area is 91.3 Å². The number of rotatable bonds is 3. The lowest BCUT2D eigenvalue weighted by Crippen LogP contribution is -2.14. The van der Waals surface area contributed by atoms with Gasteiger partial charge < -0.3 is 20.5 Å². The van der Waals surface area contributed by atoms with Gasteiger partial charge in [0.2, 0.25) is 11.7 Å².